The summed E-state index contributed by atoms with van der Waals surface area (Å²) >= 11 is 6.07. The van der Waals surface area contributed by atoms with Gasteiger partial charge in [0.1, 0.15) is 0 Å². The highest BCUT2D eigenvalue weighted by Crippen LogP contribution is 2.26. The predicted molar refractivity (Wildman–Crippen MR) is 66.8 cm³/mol. The number of hydrogen-bond acceptors (Lipinski definition) is 2. The molecule has 0 aliphatic carbocycles. The van der Waals surface area contributed by atoms with Gasteiger partial charge in [0.05, 0.1) is 6.10 Å². The Hall–Kier alpha value is -0.570. The first-order valence-electron chi connectivity index (χ1n) is 5.86. The molecule has 1 aromatic rings. The van der Waals surface area contributed by atoms with E-state index >= 15 is 0 Å². The van der Waals surface area contributed by atoms with E-state index in [9.17, 15) is 5.11 Å². The van der Waals surface area contributed by atoms with Gasteiger partial charge >= 0.3 is 0 Å². The van der Waals surface area contributed by atoms with Gasteiger partial charge in [0.25, 0.3) is 0 Å². The first-order chi connectivity index (χ1) is 7.68. The second kappa shape index (κ2) is 5.17. The first kappa shape index (κ1) is 11.9. The summed E-state index contributed by atoms with van der Waals surface area (Å²) in [5, 5.41) is 14.3. The molecule has 1 saturated heterocycles. The van der Waals surface area contributed by atoms with E-state index in [2.05, 4.69) is 5.32 Å². The van der Waals surface area contributed by atoms with E-state index in [1.54, 1.807) is 0 Å². The van der Waals surface area contributed by atoms with Crippen molar-refractivity contribution in [2.75, 3.05) is 6.54 Å². The molecule has 0 saturated carbocycles. The van der Waals surface area contributed by atoms with Crippen LogP contribution in [0.3, 0.4) is 0 Å². The van der Waals surface area contributed by atoms with Crippen LogP contribution in [0.25, 0.3) is 0 Å². The zero-order valence-corrected chi connectivity index (χ0v) is 10.3. The molecule has 2 nitrogen and oxygen atoms in total. The minimum absolute atomic E-state index is 0.174. The van der Waals surface area contributed by atoms with Crippen molar-refractivity contribution in [1.29, 1.82) is 0 Å². The van der Waals surface area contributed by atoms with Crippen LogP contribution in [0.15, 0.2) is 18.2 Å². The van der Waals surface area contributed by atoms with E-state index in [1.807, 2.05) is 25.1 Å². The maximum Gasteiger partial charge on any atom is 0.0943 e. The molecular formula is C13H18ClNO. The van der Waals surface area contributed by atoms with Crippen LogP contribution in [-0.4, -0.2) is 17.7 Å². The lowest BCUT2D eigenvalue weighted by molar-refractivity contribution is 0.114. The molecular weight excluding hydrogens is 222 g/mol. The van der Waals surface area contributed by atoms with Gasteiger partial charge in [0, 0.05) is 11.1 Å². The van der Waals surface area contributed by atoms with Gasteiger partial charge in [-0.1, -0.05) is 30.2 Å². The van der Waals surface area contributed by atoms with Gasteiger partial charge < -0.3 is 10.4 Å². The van der Waals surface area contributed by atoms with E-state index in [1.165, 1.54) is 12.8 Å². The molecule has 0 aromatic heterocycles. The highest BCUT2D eigenvalue weighted by molar-refractivity contribution is 6.31. The lowest BCUT2D eigenvalue weighted by atomic mass is 9.94. The molecule has 1 fully saturated rings. The standard InChI is InChI=1S/C13H18ClNO/c1-9-5-6-10(8-11(9)14)13(16)12-4-2-3-7-15-12/h5-6,8,12-13,15-16H,2-4,7H2,1H3. The normalized spacial score (nSPS) is 23.1. The van der Waals surface area contributed by atoms with E-state index in [0.717, 1.165) is 29.1 Å². The summed E-state index contributed by atoms with van der Waals surface area (Å²) in [6, 6.07) is 5.97. The Kier molecular flexibility index (Phi) is 3.85. The number of aliphatic hydroxyl groups is 1. The monoisotopic (exact) mass is 239 g/mol. The summed E-state index contributed by atoms with van der Waals surface area (Å²) < 4.78 is 0. The highest BCUT2D eigenvalue weighted by atomic mass is 35.5. The Morgan fingerprint density at radius 3 is 2.88 bits per heavy atom. The average Bonchev–Trinajstić information content (AvgIpc) is 2.33. The molecule has 1 aliphatic heterocycles. The SMILES string of the molecule is Cc1ccc(C(O)C2CCCCN2)cc1Cl. The van der Waals surface area contributed by atoms with Crippen LogP contribution in [0.2, 0.25) is 5.02 Å². The molecule has 0 amide bonds. The summed E-state index contributed by atoms with van der Waals surface area (Å²) in [5.74, 6) is 0. The third-order valence-corrected chi connectivity index (χ3v) is 3.67. The van der Waals surface area contributed by atoms with Crippen LogP contribution < -0.4 is 5.32 Å². The number of aryl methyl sites for hydroxylation is 1. The number of hydrogen-bond donors (Lipinski definition) is 2. The molecule has 1 aromatic carbocycles. The molecule has 3 heteroatoms. The lowest BCUT2D eigenvalue weighted by Crippen LogP contribution is -2.38. The Morgan fingerprint density at radius 2 is 2.25 bits per heavy atom. The molecule has 1 heterocycles. The van der Waals surface area contributed by atoms with E-state index < -0.39 is 6.10 Å². The lowest BCUT2D eigenvalue weighted by Gasteiger charge is -2.28. The van der Waals surface area contributed by atoms with Crippen LogP contribution in [0.4, 0.5) is 0 Å². The number of benzene rings is 1. The third-order valence-electron chi connectivity index (χ3n) is 3.27. The second-order valence-electron chi connectivity index (χ2n) is 4.51. The maximum atomic E-state index is 10.2. The smallest absolute Gasteiger partial charge is 0.0943 e. The quantitative estimate of drug-likeness (QED) is 0.832. The van der Waals surface area contributed by atoms with Gasteiger partial charge in [0.15, 0.2) is 0 Å². The molecule has 0 radical (unpaired) electrons. The summed E-state index contributed by atoms with van der Waals surface area (Å²) in [7, 11) is 0. The first-order valence-corrected chi connectivity index (χ1v) is 6.24. The maximum absolute atomic E-state index is 10.2. The molecule has 0 bridgehead atoms. The van der Waals surface area contributed by atoms with Crippen molar-refractivity contribution < 1.29 is 5.11 Å². The van der Waals surface area contributed by atoms with Crippen molar-refractivity contribution in [2.24, 2.45) is 0 Å². The van der Waals surface area contributed by atoms with E-state index in [0.29, 0.717) is 0 Å². The third kappa shape index (κ3) is 2.57. The van der Waals surface area contributed by atoms with Crippen molar-refractivity contribution in [2.45, 2.75) is 38.3 Å². The van der Waals surface area contributed by atoms with Crippen molar-refractivity contribution in [3.8, 4) is 0 Å². The summed E-state index contributed by atoms with van der Waals surface area (Å²) in [4.78, 5) is 0. The zero-order valence-electron chi connectivity index (χ0n) is 9.54. The molecule has 0 spiro atoms. The molecule has 1 aliphatic rings. The Labute approximate surface area is 102 Å². The molecule has 2 unspecified atom stereocenters. The fourth-order valence-corrected chi connectivity index (χ4v) is 2.36. The van der Waals surface area contributed by atoms with Crippen LogP contribution in [0, 0.1) is 6.92 Å². The van der Waals surface area contributed by atoms with Gasteiger partial charge in [-0.25, -0.2) is 0 Å². The van der Waals surface area contributed by atoms with Crippen LogP contribution in [0.5, 0.6) is 0 Å². The van der Waals surface area contributed by atoms with Gasteiger partial charge in [-0.05, 0) is 43.5 Å². The number of nitrogens with one attached hydrogen (secondary N) is 1. The number of piperidine rings is 1. The molecule has 88 valence electrons. The highest BCUT2D eigenvalue weighted by Gasteiger charge is 2.22. The summed E-state index contributed by atoms with van der Waals surface area (Å²) in [5.41, 5.74) is 1.96. The summed E-state index contributed by atoms with van der Waals surface area (Å²) in [6.45, 7) is 2.97. The van der Waals surface area contributed by atoms with E-state index in [4.69, 9.17) is 11.6 Å². The van der Waals surface area contributed by atoms with Crippen molar-refractivity contribution in [1.82, 2.24) is 5.32 Å². The van der Waals surface area contributed by atoms with Crippen molar-refractivity contribution in [3.05, 3.63) is 34.3 Å². The molecule has 16 heavy (non-hydrogen) atoms. The van der Waals surface area contributed by atoms with Gasteiger partial charge in [-0.2, -0.15) is 0 Å². The fraction of sp³-hybridized carbons (Fsp3) is 0.538. The average molecular weight is 240 g/mol. The van der Waals surface area contributed by atoms with Crippen LogP contribution >= 0.6 is 11.6 Å². The number of rotatable bonds is 2. The van der Waals surface area contributed by atoms with Crippen molar-refractivity contribution in [3.63, 3.8) is 0 Å². The minimum Gasteiger partial charge on any atom is -0.387 e. The van der Waals surface area contributed by atoms with Crippen molar-refractivity contribution >= 4 is 11.6 Å². The fourth-order valence-electron chi connectivity index (χ4n) is 2.17. The Balaban J connectivity index is 2.12. The van der Waals surface area contributed by atoms with Gasteiger partial charge in [0.2, 0.25) is 0 Å². The molecule has 2 N–H and O–H groups in total. The van der Waals surface area contributed by atoms with E-state index in [-0.39, 0.29) is 6.04 Å². The van der Waals surface area contributed by atoms with Crippen LogP contribution in [0.1, 0.15) is 36.5 Å². The number of aliphatic hydroxyl groups excluding tert-OH is 1. The van der Waals surface area contributed by atoms with Gasteiger partial charge in [-0.3, -0.25) is 0 Å². The van der Waals surface area contributed by atoms with Gasteiger partial charge in [-0.15, -0.1) is 0 Å². The summed E-state index contributed by atoms with van der Waals surface area (Å²) in [6.07, 6.45) is 2.98. The molecule has 2 rings (SSSR count). The Morgan fingerprint density at radius 1 is 1.44 bits per heavy atom. The molecule has 2 atom stereocenters. The van der Waals surface area contributed by atoms with Crippen LogP contribution in [-0.2, 0) is 0 Å². The predicted octanol–water partition coefficient (Wildman–Crippen LogP) is 2.82. The topological polar surface area (TPSA) is 32.3 Å². The number of halogens is 1. The zero-order chi connectivity index (χ0) is 11.5. The minimum atomic E-state index is -0.446. The largest absolute Gasteiger partial charge is 0.387 e. The Bertz CT molecular complexity index is 361. The second-order valence-corrected chi connectivity index (χ2v) is 4.92.